The molecule has 1 N–H and O–H groups in total. The van der Waals surface area contributed by atoms with Crippen LogP contribution in [0, 0.1) is 13.8 Å². The second-order valence-corrected chi connectivity index (χ2v) is 6.99. The number of nitrogens with one attached hydrogen (secondary N) is 1. The fourth-order valence-electron chi connectivity index (χ4n) is 3.19. The average molecular weight is 399 g/mol. The van der Waals surface area contributed by atoms with Crippen LogP contribution in [-0.2, 0) is 4.79 Å². The summed E-state index contributed by atoms with van der Waals surface area (Å²) in [6, 6.07) is 22.7. The zero-order valence-corrected chi connectivity index (χ0v) is 16.8. The Morgan fingerprint density at radius 2 is 1.57 bits per heavy atom. The number of hydrogen-bond acceptors (Lipinski definition) is 5. The molecule has 0 fully saturated rings. The van der Waals surface area contributed by atoms with E-state index in [0.717, 1.165) is 22.4 Å². The Morgan fingerprint density at radius 3 is 2.33 bits per heavy atom. The number of benzene rings is 3. The van der Waals surface area contributed by atoms with Crippen molar-refractivity contribution in [3.63, 3.8) is 0 Å². The van der Waals surface area contributed by atoms with Gasteiger partial charge < -0.3 is 14.5 Å². The summed E-state index contributed by atoms with van der Waals surface area (Å²) in [6.07, 6.45) is 0. The highest BCUT2D eigenvalue weighted by atomic mass is 16.5. The maximum absolute atomic E-state index is 12.4. The number of nitrogens with zero attached hydrogens (tertiary/aromatic N) is 2. The lowest BCUT2D eigenvalue weighted by Crippen LogP contribution is -2.20. The predicted molar refractivity (Wildman–Crippen MR) is 115 cm³/mol. The van der Waals surface area contributed by atoms with Gasteiger partial charge >= 0.3 is 0 Å². The van der Waals surface area contributed by atoms with Crippen LogP contribution in [0.1, 0.15) is 11.1 Å². The maximum atomic E-state index is 12.4. The third-order valence-corrected chi connectivity index (χ3v) is 4.43. The number of rotatable bonds is 6. The van der Waals surface area contributed by atoms with Crippen molar-refractivity contribution in [2.75, 3.05) is 11.9 Å². The topological polar surface area (TPSA) is 77.2 Å². The van der Waals surface area contributed by atoms with Crippen molar-refractivity contribution in [2.24, 2.45) is 0 Å². The number of ether oxygens (including phenoxy) is 1. The molecule has 150 valence electrons. The molecule has 1 heterocycles. The summed E-state index contributed by atoms with van der Waals surface area (Å²) in [4.78, 5) is 12.4. The van der Waals surface area contributed by atoms with Crippen LogP contribution in [0.5, 0.6) is 5.75 Å². The third kappa shape index (κ3) is 4.55. The molecule has 0 saturated heterocycles. The SMILES string of the molecule is Cc1cc(C)cc(NC(=O)COc2ccccc2-c2nnc(-c3ccccc3)o2)c1. The molecule has 0 unspecified atom stereocenters. The lowest BCUT2D eigenvalue weighted by Gasteiger charge is -2.10. The van der Waals surface area contributed by atoms with Crippen LogP contribution in [-0.4, -0.2) is 22.7 Å². The second kappa shape index (κ2) is 8.61. The monoisotopic (exact) mass is 399 g/mol. The van der Waals surface area contributed by atoms with Gasteiger partial charge in [0.2, 0.25) is 5.89 Å². The Kier molecular flexibility index (Phi) is 5.57. The minimum absolute atomic E-state index is 0.135. The van der Waals surface area contributed by atoms with E-state index in [2.05, 4.69) is 21.6 Å². The van der Waals surface area contributed by atoms with Gasteiger partial charge in [-0.2, -0.15) is 0 Å². The van der Waals surface area contributed by atoms with Crippen LogP contribution in [0.15, 0.2) is 77.2 Å². The standard InChI is InChI=1S/C24H21N3O3/c1-16-12-17(2)14-19(13-16)25-22(28)15-29-21-11-7-6-10-20(21)24-27-26-23(30-24)18-8-4-3-5-9-18/h3-14H,15H2,1-2H3,(H,25,28). The van der Waals surface area contributed by atoms with Gasteiger partial charge in [-0.15, -0.1) is 10.2 Å². The predicted octanol–water partition coefficient (Wildman–Crippen LogP) is 5.04. The summed E-state index contributed by atoms with van der Waals surface area (Å²) in [6.45, 7) is 3.84. The number of aromatic nitrogens is 2. The van der Waals surface area contributed by atoms with E-state index in [0.29, 0.717) is 23.1 Å². The summed E-state index contributed by atoms with van der Waals surface area (Å²) in [5.74, 6) is 1.01. The number of anilines is 1. The minimum atomic E-state index is -0.245. The molecule has 6 heteroatoms. The molecule has 0 radical (unpaired) electrons. The molecule has 0 bridgehead atoms. The maximum Gasteiger partial charge on any atom is 0.262 e. The van der Waals surface area contributed by atoms with Gasteiger partial charge in [-0.1, -0.05) is 36.4 Å². The number of para-hydroxylation sites is 1. The normalized spacial score (nSPS) is 10.6. The first-order chi connectivity index (χ1) is 14.6. The van der Waals surface area contributed by atoms with Crippen LogP contribution in [0.2, 0.25) is 0 Å². The Morgan fingerprint density at radius 1 is 0.900 bits per heavy atom. The van der Waals surface area contributed by atoms with Crippen molar-refractivity contribution in [2.45, 2.75) is 13.8 Å². The summed E-state index contributed by atoms with van der Waals surface area (Å²) >= 11 is 0. The van der Waals surface area contributed by atoms with Gasteiger partial charge in [0.1, 0.15) is 5.75 Å². The lowest BCUT2D eigenvalue weighted by molar-refractivity contribution is -0.118. The molecule has 0 saturated carbocycles. The van der Waals surface area contributed by atoms with E-state index >= 15 is 0 Å². The molecule has 6 nitrogen and oxygen atoms in total. The van der Waals surface area contributed by atoms with Crippen molar-refractivity contribution in [1.82, 2.24) is 10.2 Å². The Bertz CT molecular complexity index is 1150. The number of aryl methyl sites for hydroxylation is 2. The molecule has 0 aliphatic rings. The molecule has 1 aromatic heterocycles. The number of carbonyl (C=O) groups excluding carboxylic acids is 1. The van der Waals surface area contributed by atoms with E-state index in [1.165, 1.54) is 0 Å². The van der Waals surface area contributed by atoms with Gasteiger partial charge in [0, 0.05) is 11.3 Å². The first kappa shape index (κ1) is 19.4. The highest BCUT2D eigenvalue weighted by Gasteiger charge is 2.15. The van der Waals surface area contributed by atoms with Crippen molar-refractivity contribution in [1.29, 1.82) is 0 Å². The molecular weight excluding hydrogens is 378 g/mol. The van der Waals surface area contributed by atoms with Gasteiger partial charge in [0.15, 0.2) is 6.61 Å². The Labute approximate surface area is 174 Å². The summed E-state index contributed by atoms with van der Waals surface area (Å²) in [5.41, 5.74) is 4.39. The highest BCUT2D eigenvalue weighted by molar-refractivity contribution is 5.92. The highest BCUT2D eigenvalue weighted by Crippen LogP contribution is 2.30. The van der Waals surface area contributed by atoms with Crippen molar-refractivity contribution in [3.8, 4) is 28.7 Å². The molecule has 4 aromatic rings. The number of amides is 1. The molecule has 0 aliphatic carbocycles. The van der Waals surface area contributed by atoms with Gasteiger partial charge in [-0.05, 0) is 61.4 Å². The first-order valence-corrected chi connectivity index (χ1v) is 9.58. The van der Waals surface area contributed by atoms with Crippen LogP contribution < -0.4 is 10.1 Å². The summed E-state index contributed by atoms with van der Waals surface area (Å²) in [7, 11) is 0. The van der Waals surface area contributed by atoms with Gasteiger partial charge in [0.25, 0.3) is 11.8 Å². The van der Waals surface area contributed by atoms with E-state index < -0.39 is 0 Å². The van der Waals surface area contributed by atoms with Crippen molar-refractivity contribution in [3.05, 3.63) is 83.9 Å². The molecule has 4 rings (SSSR count). The van der Waals surface area contributed by atoms with Crippen molar-refractivity contribution < 1.29 is 13.9 Å². The molecule has 0 aliphatic heterocycles. The van der Waals surface area contributed by atoms with Gasteiger partial charge in [0.05, 0.1) is 5.56 Å². The first-order valence-electron chi connectivity index (χ1n) is 9.58. The minimum Gasteiger partial charge on any atom is -0.483 e. The lowest BCUT2D eigenvalue weighted by atomic mass is 10.1. The smallest absolute Gasteiger partial charge is 0.262 e. The van der Waals surface area contributed by atoms with E-state index in [-0.39, 0.29) is 12.5 Å². The molecule has 30 heavy (non-hydrogen) atoms. The average Bonchev–Trinajstić information content (AvgIpc) is 3.22. The molecular formula is C24H21N3O3. The van der Waals surface area contributed by atoms with Gasteiger partial charge in [-0.25, -0.2) is 0 Å². The Balaban J connectivity index is 1.47. The van der Waals surface area contributed by atoms with Crippen LogP contribution in [0.25, 0.3) is 22.9 Å². The zero-order valence-electron chi connectivity index (χ0n) is 16.8. The van der Waals surface area contributed by atoms with E-state index in [9.17, 15) is 4.79 Å². The fourth-order valence-corrected chi connectivity index (χ4v) is 3.19. The van der Waals surface area contributed by atoms with Crippen LogP contribution in [0.3, 0.4) is 0 Å². The van der Waals surface area contributed by atoms with Crippen molar-refractivity contribution >= 4 is 11.6 Å². The Hall–Kier alpha value is -3.93. The number of hydrogen-bond donors (Lipinski definition) is 1. The quantitative estimate of drug-likeness (QED) is 0.492. The molecule has 0 spiro atoms. The van der Waals surface area contributed by atoms with E-state index in [1.807, 2.05) is 74.5 Å². The summed E-state index contributed by atoms with van der Waals surface area (Å²) < 4.78 is 11.6. The van der Waals surface area contributed by atoms with Crippen LogP contribution >= 0.6 is 0 Å². The molecule has 0 atom stereocenters. The number of carbonyl (C=O) groups is 1. The third-order valence-electron chi connectivity index (χ3n) is 4.43. The fraction of sp³-hybridized carbons (Fsp3) is 0.125. The van der Waals surface area contributed by atoms with Gasteiger partial charge in [-0.3, -0.25) is 4.79 Å². The van der Waals surface area contributed by atoms with Crippen LogP contribution in [0.4, 0.5) is 5.69 Å². The van der Waals surface area contributed by atoms with E-state index in [1.54, 1.807) is 6.07 Å². The van der Waals surface area contributed by atoms with E-state index in [4.69, 9.17) is 9.15 Å². The summed E-state index contributed by atoms with van der Waals surface area (Å²) in [5, 5.41) is 11.1. The largest absolute Gasteiger partial charge is 0.483 e. The molecule has 1 amide bonds. The zero-order chi connectivity index (χ0) is 20.9. The second-order valence-electron chi connectivity index (χ2n) is 6.99. The molecule has 3 aromatic carbocycles.